The predicted molar refractivity (Wildman–Crippen MR) is 101 cm³/mol. The third kappa shape index (κ3) is 3.89. The Hall–Kier alpha value is -2.77. The Morgan fingerprint density at radius 1 is 1.04 bits per heavy atom. The molecule has 0 unspecified atom stereocenters. The Morgan fingerprint density at radius 2 is 1.73 bits per heavy atom. The number of para-hydroxylation sites is 1. The van der Waals surface area contributed by atoms with Gasteiger partial charge in [-0.05, 0) is 31.2 Å². The van der Waals surface area contributed by atoms with Crippen molar-refractivity contribution in [2.75, 3.05) is 10.6 Å². The lowest BCUT2D eigenvalue weighted by atomic mass is 10.2. The van der Waals surface area contributed by atoms with E-state index in [1.54, 1.807) is 37.3 Å². The molecule has 0 atom stereocenters. The molecule has 132 valence electrons. The molecular weight excluding hydrogens is 377 g/mol. The molecule has 0 radical (unpaired) electrons. The Balaban J connectivity index is 1.77. The Kier molecular flexibility index (Phi) is 5.29. The second-order valence-electron chi connectivity index (χ2n) is 5.30. The number of aryl methyl sites for hydroxylation is 1. The lowest BCUT2D eigenvalue weighted by Gasteiger charge is -2.05. The molecule has 0 fully saturated rings. The van der Waals surface area contributed by atoms with Crippen molar-refractivity contribution < 1.29 is 14.0 Å². The molecule has 0 spiro atoms. The summed E-state index contributed by atoms with van der Waals surface area (Å²) in [5.74, 6) is -1.65. The summed E-state index contributed by atoms with van der Waals surface area (Å²) in [7, 11) is 0. The number of nitrogens with zero attached hydrogens (tertiary/aromatic N) is 1. The van der Waals surface area contributed by atoms with Crippen molar-refractivity contribution in [3.8, 4) is 0 Å². The van der Waals surface area contributed by atoms with Gasteiger partial charge in [0, 0.05) is 0 Å². The molecule has 0 saturated heterocycles. The number of benzene rings is 2. The summed E-state index contributed by atoms with van der Waals surface area (Å²) in [6.45, 7) is 1.65. The van der Waals surface area contributed by atoms with Crippen molar-refractivity contribution >= 4 is 45.6 Å². The van der Waals surface area contributed by atoms with Crippen LogP contribution in [-0.2, 0) is 0 Å². The zero-order valence-electron chi connectivity index (χ0n) is 13.5. The first-order chi connectivity index (χ1) is 12.5. The quantitative estimate of drug-likeness (QED) is 0.676. The van der Waals surface area contributed by atoms with Crippen LogP contribution in [-0.4, -0.2) is 16.8 Å². The highest BCUT2D eigenvalue weighted by Gasteiger charge is 2.19. The van der Waals surface area contributed by atoms with Gasteiger partial charge in [-0.3, -0.25) is 14.9 Å². The number of anilines is 2. The molecule has 2 N–H and O–H groups in total. The maximum Gasteiger partial charge on any atom is 0.267 e. The molecule has 2 aromatic carbocycles. The number of carbonyl (C=O) groups is 2. The Bertz CT molecular complexity index is 990. The SMILES string of the molecule is Cc1nc(NC(=O)c2ccccc2F)sc1C(=O)Nc1ccccc1Cl. The maximum absolute atomic E-state index is 13.7. The third-order valence-electron chi connectivity index (χ3n) is 3.46. The highest BCUT2D eigenvalue weighted by atomic mass is 35.5. The van der Waals surface area contributed by atoms with E-state index in [1.165, 1.54) is 18.2 Å². The number of thiazole rings is 1. The zero-order chi connectivity index (χ0) is 18.7. The number of hydrogen-bond donors (Lipinski definition) is 2. The van der Waals surface area contributed by atoms with Gasteiger partial charge in [0.2, 0.25) is 0 Å². The first-order valence-electron chi connectivity index (χ1n) is 7.55. The van der Waals surface area contributed by atoms with Gasteiger partial charge in [0.25, 0.3) is 11.8 Å². The van der Waals surface area contributed by atoms with Crippen molar-refractivity contribution in [2.24, 2.45) is 0 Å². The largest absolute Gasteiger partial charge is 0.320 e. The molecule has 1 aromatic heterocycles. The third-order valence-corrected chi connectivity index (χ3v) is 4.87. The van der Waals surface area contributed by atoms with E-state index in [-0.39, 0.29) is 16.6 Å². The van der Waals surface area contributed by atoms with Crippen molar-refractivity contribution in [3.63, 3.8) is 0 Å². The maximum atomic E-state index is 13.7. The van der Waals surface area contributed by atoms with Gasteiger partial charge in [-0.1, -0.05) is 47.2 Å². The molecule has 0 bridgehead atoms. The minimum atomic E-state index is -0.630. The van der Waals surface area contributed by atoms with Crippen LogP contribution in [0.5, 0.6) is 0 Å². The fourth-order valence-corrected chi connectivity index (χ4v) is 3.25. The minimum absolute atomic E-state index is 0.0950. The molecule has 3 aromatic rings. The first-order valence-corrected chi connectivity index (χ1v) is 8.74. The summed E-state index contributed by atoms with van der Waals surface area (Å²) in [6, 6.07) is 12.5. The molecule has 1 heterocycles. The number of halogens is 2. The van der Waals surface area contributed by atoms with Crippen molar-refractivity contribution in [1.82, 2.24) is 4.98 Å². The zero-order valence-corrected chi connectivity index (χ0v) is 15.1. The van der Waals surface area contributed by atoms with E-state index >= 15 is 0 Å². The van der Waals surface area contributed by atoms with Crippen molar-refractivity contribution in [1.29, 1.82) is 0 Å². The summed E-state index contributed by atoms with van der Waals surface area (Å²) >= 11 is 7.03. The molecule has 3 rings (SSSR count). The van der Waals surface area contributed by atoms with E-state index < -0.39 is 11.7 Å². The van der Waals surface area contributed by atoms with Crippen LogP contribution in [0.25, 0.3) is 0 Å². The van der Waals surface area contributed by atoms with Gasteiger partial charge in [-0.15, -0.1) is 0 Å². The fraction of sp³-hybridized carbons (Fsp3) is 0.0556. The first kappa shape index (κ1) is 18.0. The van der Waals surface area contributed by atoms with Gasteiger partial charge < -0.3 is 5.32 Å². The second kappa shape index (κ2) is 7.63. The van der Waals surface area contributed by atoms with Crippen molar-refractivity contribution in [2.45, 2.75) is 6.92 Å². The van der Waals surface area contributed by atoms with Crippen LogP contribution in [0.4, 0.5) is 15.2 Å². The highest BCUT2D eigenvalue weighted by molar-refractivity contribution is 7.17. The number of nitrogens with one attached hydrogen (secondary N) is 2. The molecule has 26 heavy (non-hydrogen) atoms. The van der Waals surface area contributed by atoms with Gasteiger partial charge in [0.05, 0.1) is 22.0 Å². The van der Waals surface area contributed by atoms with Gasteiger partial charge in [0.15, 0.2) is 5.13 Å². The normalized spacial score (nSPS) is 10.4. The summed E-state index contributed by atoms with van der Waals surface area (Å²) < 4.78 is 13.7. The van der Waals surface area contributed by atoms with Crippen LogP contribution in [0.3, 0.4) is 0 Å². The molecular formula is C18H13ClFN3O2S. The number of rotatable bonds is 4. The molecule has 0 aliphatic heterocycles. The van der Waals surface area contributed by atoms with E-state index in [0.29, 0.717) is 21.3 Å². The van der Waals surface area contributed by atoms with Gasteiger partial charge in [-0.25, -0.2) is 9.37 Å². The van der Waals surface area contributed by atoms with Crippen LogP contribution in [0.15, 0.2) is 48.5 Å². The molecule has 8 heteroatoms. The minimum Gasteiger partial charge on any atom is -0.320 e. The van der Waals surface area contributed by atoms with Gasteiger partial charge in [0.1, 0.15) is 10.7 Å². The van der Waals surface area contributed by atoms with Crippen LogP contribution in [0, 0.1) is 12.7 Å². The molecule has 0 saturated carbocycles. The van der Waals surface area contributed by atoms with Crippen LogP contribution in [0.2, 0.25) is 5.02 Å². The second-order valence-corrected chi connectivity index (χ2v) is 6.71. The van der Waals surface area contributed by atoms with E-state index in [9.17, 15) is 14.0 Å². The summed E-state index contributed by atoms with van der Waals surface area (Å²) in [5.41, 5.74) is 0.828. The average molecular weight is 390 g/mol. The number of hydrogen-bond acceptors (Lipinski definition) is 4. The van der Waals surface area contributed by atoms with Crippen LogP contribution in [0.1, 0.15) is 25.7 Å². The Morgan fingerprint density at radius 3 is 2.46 bits per heavy atom. The lowest BCUT2D eigenvalue weighted by molar-refractivity contribution is 0.101. The van der Waals surface area contributed by atoms with Gasteiger partial charge in [-0.2, -0.15) is 0 Å². The number of amides is 2. The predicted octanol–water partition coefficient (Wildman–Crippen LogP) is 4.75. The summed E-state index contributed by atoms with van der Waals surface area (Å²) in [5, 5.41) is 5.84. The topological polar surface area (TPSA) is 71.1 Å². The number of aromatic nitrogens is 1. The Labute approximate surface area is 157 Å². The van der Waals surface area contributed by atoms with E-state index in [4.69, 9.17) is 11.6 Å². The smallest absolute Gasteiger partial charge is 0.267 e. The summed E-state index contributed by atoms with van der Waals surface area (Å²) in [6.07, 6.45) is 0. The lowest BCUT2D eigenvalue weighted by Crippen LogP contribution is -2.13. The van der Waals surface area contributed by atoms with Gasteiger partial charge >= 0.3 is 0 Å². The fourth-order valence-electron chi connectivity index (χ4n) is 2.21. The number of carbonyl (C=O) groups excluding carboxylic acids is 2. The van der Waals surface area contributed by atoms with Crippen LogP contribution >= 0.6 is 22.9 Å². The average Bonchev–Trinajstić information content (AvgIpc) is 2.97. The van der Waals surface area contributed by atoms with E-state index in [0.717, 1.165) is 11.3 Å². The van der Waals surface area contributed by atoms with Crippen LogP contribution < -0.4 is 10.6 Å². The molecule has 2 amide bonds. The monoisotopic (exact) mass is 389 g/mol. The molecule has 5 nitrogen and oxygen atoms in total. The highest BCUT2D eigenvalue weighted by Crippen LogP contribution is 2.26. The molecule has 0 aliphatic carbocycles. The summed E-state index contributed by atoms with van der Waals surface area (Å²) in [4.78, 5) is 29.1. The van der Waals surface area contributed by atoms with Crippen molar-refractivity contribution in [3.05, 3.63) is 75.5 Å². The molecule has 0 aliphatic rings. The standard InChI is InChI=1S/C18H13ClFN3O2S/c1-10-15(17(25)22-14-9-5-3-7-12(14)19)26-18(21-10)23-16(24)11-6-2-4-8-13(11)20/h2-9H,1H3,(H,22,25)(H,21,23,24). The van der Waals surface area contributed by atoms with E-state index in [1.807, 2.05) is 0 Å². The van der Waals surface area contributed by atoms with E-state index in [2.05, 4.69) is 15.6 Å².